The number of sulfonamides is 1. The lowest BCUT2D eigenvalue weighted by molar-refractivity contribution is 0.102. The molecule has 0 bridgehead atoms. The first-order valence-corrected chi connectivity index (χ1v) is 11.2. The SMILES string of the molecule is COc1ccccc1NS(=O)(=O)c1cccc(C(=O)Nc2ccc(-n3ccnc3)c(F)c2)c1. The Morgan fingerprint density at radius 2 is 1.88 bits per heavy atom. The Labute approximate surface area is 189 Å². The predicted molar refractivity (Wildman–Crippen MR) is 122 cm³/mol. The molecular weight excluding hydrogens is 447 g/mol. The molecule has 0 aliphatic carbocycles. The highest BCUT2D eigenvalue weighted by Crippen LogP contribution is 2.26. The van der Waals surface area contributed by atoms with Crippen molar-refractivity contribution in [2.75, 3.05) is 17.1 Å². The number of anilines is 2. The minimum absolute atomic E-state index is 0.0944. The fourth-order valence-electron chi connectivity index (χ4n) is 3.14. The molecule has 3 aromatic carbocycles. The summed E-state index contributed by atoms with van der Waals surface area (Å²) in [5, 5.41) is 2.58. The monoisotopic (exact) mass is 466 g/mol. The summed E-state index contributed by atoms with van der Waals surface area (Å²) in [4.78, 5) is 16.5. The van der Waals surface area contributed by atoms with Gasteiger partial charge in [0.25, 0.3) is 15.9 Å². The lowest BCUT2D eigenvalue weighted by atomic mass is 10.2. The summed E-state index contributed by atoms with van der Waals surface area (Å²) in [6.45, 7) is 0. The van der Waals surface area contributed by atoms with E-state index in [1.165, 1.54) is 60.6 Å². The Bertz CT molecular complexity index is 1410. The summed E-state index contributed by atoms with van der Waals surface area (Å²) in [6, 6.07) is 16.3. The van der Waals surface area contributed by atoms with Crippen molar-refractivity contribution >= 4 is 27.3 Å². The third-order valence-corrected chi connectivity index (χ3v) is 6.11. The second kappa shape index (κ2) is 9.13. The van der Waals surface area contributed by atoms with Crippen LogP contribution >= 0.6 is 0 Å². The van der Waals surface area contributed by atoms with Crippen molar-refractivity contribution in [3.05, 3.63) is 96.8 Å². The first kappa shape index (κ1) is 22.0. The normalized spacial score (nSPS) is 11.1. The lowest BCUT2D eigenvalue weighted by Crippen LogP contribution is -2.16. The quantitative estimate of drug-likeness (QED) is 0.427. The fourth-order valence-corrected chi connectivity index (χ4v) is 4.25. The number of imidazole rings is 1. The molecule has 0 saturated heterocycles. The standard InChI is InChI=1S/C23H19FN4O4S/c1-32-22-8-3-2-7-20(22)27-33(30,31)18-6-4-5-16(13-18)23(29)26-17-9-10-21(19(24)14-17)28-12-11-25-15-28/h2-15,27H,1H3,(H,26,29). The maximum Gasteiger partial charge on any atom is 0.262 e. The van der Waals surface area contributed by atoms with E-state index in [9.17, 15) is 17.6 Å². The number of ether oxygens (including phenoxy) is 1. The van der Waals surface area contributed by atoms with Crippen LogP contribution in [0, 0.1) is 5.82 Å². The van der Waals surface area contributed by atoms with E-state index in [-0.39, 0.29) is 27.5 Å². The van der Waals surface area contributed by atoms with Gasteiger partial charge in [0.05, 0.1) is 29.7 Å². The van der Waals surface area contributed by atoms with E-state index in [2.05, 4.69) is 15.0 Å². The molecule has 0 fully saturated rings. The number of carbonyl (C=O) groups is 1. The molecule has 168 valence electrons. The Morgan fingerprint density at radius 3 is 2.61 bits per heavy atom. The van der Waals surface area contributed by atoms with Gasteiger partial charge in [-0.1, -0.05) is 18.2 Å². The average Bonchev–Trinajstić information content (AvgIpc) is 3.34. The van der Waals surface area contributed by atoms with Crippen molar-refractivity contribution in [3.63, 3.8) is 0 Å². The van der Waals surface area contributed by atoms with Crippen LogP contribution in [0.4, 0.5) is 15.8 Å². The van der Waals surface area contributed by atoms with E-state index in [1.54, 1.807) is 36.5 Å². The van der Waals surface area contributed by atoms with Crippen LogP contribution in [-0.2, 0) is 10.0 Å². The van der Waals surface area contributed by atoms with Crippen LogP contribution in [0.2, 0.25) is 0 Å². The molecule has 10 heteroatoms. The topological polar surface area (TPSA) is 102 Å². The molecule has 0 atom stereocenters. The van der Waals surface area contributed by atoms with Gasteiger partial charge in [0.2, 0.25) is 0 Å². The first-order chi connectivity index (χ1) is 15.9. The van der Waals surface area contributed by atoms with Crippen molar-refractivity contribution in [2.24, 2.45) is 0 Å². The highest BCUT2D eigenvalue weighted by Gasteiger charge is 2.18. The number of rotatable bonds is 7. The Balaban J connectivity index is 1.54. The van der Waals surface area contributed by atoms with Gasteiger partial charge in [-0.2, -0.15) is 0 Å². The molecular formula is C23H19FN4O4S. The molecule has 0 radical (unpaired) electrons. The summed E-state index contributed by atoms with van der Waals surface area (Å²) >= 11 is 0. The van der Waals surface area contributed by atoms with Crippen LogP contribution in [0.15, 0.2) is 90.3 Å². The molecule has 1 heterocycles. The van der Waals surface area contributed by atoms with Gasteiger partial charge in [0.1, 0.15) is 11.6 Å². The maximum atomic E-state index is 14.5. The molecule has 0 aliphatic heterocycles. The molecule has 0 unspecified atom stereocenters. The van der Waals surface area contributed by atoms with Gasteiger partial charge in [-0.05, 0) is 48.5 Å². The van der Waals surface area contributed by atoms with Crippen molar-refractivity contribution < 1.29 is 22.3 Å². The summed E-state index contributed by atoms with van der Waals surface area (Å²) in [5.74, 6) is -0.779. The largest absolute Gasteiger partial charge is 0.495 e. The molecule has 2 N–H and O–H groups in total. The van der Waals surface area contributed by atoms with Gasteiger partial charge in [-0.15, -0.1) is 0 Å². The van der Waals surface area contributed by atoms with Crippen LogP contribution in [0.25, 0.3) is 5.69 Å². The molecule has 4 aromatic rings. The van der Waals surface area contributed by atoms with Crippen LogP contribution in [-0.4, -0.2) is 31.0 Å². The number of aromatic nitrogens is 2. The van der Waals surface area contributed by atoms with Crippen LogP contribution in [0.1, 0.15) is 10.4 Å². The number of amides is 1. The molecule has 0 spiro atoms. The molecule has 0 saturated carbocycles. The van der Waals surface area contributed by atoms with Gasteiger partial charge in [0.15, 0.2) is 0 Å². The maximum absolute atomic E-state index is 14.5. The molecule has 33 heavy (non-hydrogen) atoms. The highest BCUT2D eigenvalue weighted by molar-refractivity contribution is 7.92. The number of para-hydroxylation sites is 2. The Hall–Kier alpha value is -4.18. The van der Waals surface area contributed by atoms with Crippen molar-refractivity contribution in [3.8, 4) is 11.4 Å². The van der Waals surface area contributed by atoms with Gasteiger partial charge in [-0.3, -0.25) is 9.52 Å². The number of carbonyl (C=O) groups excluding carboxylic acids is 1. The third kappa shape index (κ3) is 4.85. The van der Waals surface area contributed by atoms with Crippen LogP contribution in [0.3, 0.4) is 0 Å². The van der Waals surface area contributed by atoms with Gasteiger partial charge < -0.3 is 14.6 Å². The Kier molecular flexibility index (Phi) is 6.09. The zero-order chi connectivity index (χ0) is 23.4. The fraction of sp³-hybridized carbons (Fsp3) is 0.0435. The van der Waals surface area contributed by atoms with E-state index < -0.39 is 21.7 Å². The van der Waals surface area contributed by atoms with E-state index in [4.69, 9.17) is 4.74 Å². The first-order valence-electron chi connectivity index (χ1n) is 9.72. The molecule has 8 nitrogen and oxygen atoms in total. The average molecular weight is 466 g/mol. The molecule has 1 aromatic heterocycles. The minimum atomic E-state index is -3.99. The molecule has 1 amide bonds. The Morgan fingerprint density at radius 1 is 1.06 bits per heavy atom. The number of nitrogens with zero attached hydrogens (tertiary/aromatic N) is 2. The number of methoxy groups -OCH3 is 1. The third-order valence-electron chi connectivity index (χ3n) is 4.75. The number of hydrogen-bond acceptors (Lipinski definition) is 5. The van der Waals surface area contributed by atoms with E-state index in [0.717, 1.165) is 0 Å². The van der Waals surface area contributed by atoms with Gasteiger partial charge in [-0.25, -0.2) is 17.8 Å². The summed E-state index contributed by atoms with van der Waals surface area (Å²) in [7, 11) is -2.56. The minimum Gasteiger partial charge on any atom is -0.495 e. The summed E-state index contributed by atoms with van der Waals surface area (Å²) in [6.07, 6.45) is 4.59. The summed E-state index contributed by atoms with van der Waals surface area (Å²) < 4.78 is 49.3. The number of benzene rings is 3. The van der Waals surface area contributed by atoms with Gasteiger partial charge in [0, 0.05) is 23.6 Å². The second-order valence-corrected chi connectivity index (χ2v) is 8.61. The van der Waals surface area contributed by atoms with Crippen molar-refractivity contribution in [2.45, 2.75) is 4.90 Å². The highest BCUT2D eigenvalue weighted by atomic mass is 32.2. The van der Waals surface area contributed by atoms with E-state index >= 15 is 0 Å². The molecule has 4 rings (SSSR count). The zero-order valence-electron chi connectivity index (χ0n) is 17.4. The van der Waals surface area contributed by atoms with Crippen LogP contribution in [0.5, 0.6) is 5.75 Å². The smallest absolute Gasteiger partial charge is 0.262 e. The number of halogens is 1. The lowest BCUT2D eigenvalue weighted by Gasteiger charge is -2.12. The van der Waals surface area contributed by atoms with Crippen molar-refractivity contribution in [1.82, 2.24) is 9.55 Å². The predicted octanol–water partition coefficient (Wildman–Crippen LogP) is 4.07. The number of hydrogen-bond donors (Lipinski definition) is 2. The van der Waals surface area contributed by atoms with E-state index in [0.29, 0.717) is 5.75 Å². The van der Waals surface area contributed by atoms with Gasteiger partial charge >= 0.3 is 0 Å². The second-order valence-electron chi connectivity index (χ2n) is 6.92. The van der Waals surface area contributed by atoms with E-state index in [1.807, 2.05) is 0 Å². The molecule has 0 aliphatic rings. The number of nitrogens with one attached hydrogen (secondary N) is 2. The summed E-state index contributed by atoms with van der Waals surface area (Å²) in [5.41, 5.74) is 0.864. The van der Waals surface area contributed by atoms with Crippen LogP contribution < -0.4 is 14.8 Å². The van der Waals surface area contributed by atoms with Crippen molar-refractivity contribution in [1.29, 1.82) is 0 Å². The zero-order valence-corrected chi connectivity index (χ0v) is 18.2.